The third-order valence-electron chi connectivity index (χ3n) is 10.2. The molecule has 3 aromatic carbocycles. The highest BCUT2D eigenvalue weighted by molar-refractivity contribution is 5.80. The molecule has 1 fully saturated rings. The Kier molecular flexibility index (Phi) is 16.1. The summed E-state index contributed by atoms with van der Waals surface area (Å²) in [6.45, 7) is 2.89. The third kappa shape index (κ3) is 12.9. The van der Waals surface area contributed by atoms with Crippen molar-refractivity contribution >= 4 is 17.5 Å². The van der Waals surface area contributed by atoms with Crippen LogP contribution in [-0.2, 0) is 41.9 Å². The van der Waals surface area contributed by atoms with Crippen molar-refractivity contribution in [3.8, 4) is 11.5 Å². The van der Waals surface area contributed by atoms with Crippen LogP contribution in [0.3, 0.4) is 0 Å². The first-order valence-corrected chi connectivity index (χ1v) is 19.1. The molecule has 3 aromatic rings. The first kappa shape index (κ1) is 42.5. The van der Waals surface area contributed by atoms with Gasteiger partial charge in [-0.2, -0.15) is 0 Å². The Hall–Kier alpha value is -5.68. The predicted molar refractivity (Wildman–Crippen MR) is 207 cm³/mol. The number of amides is 2. The smallest absolute Gasteiger partial charge is 0.294 e. The Morgan fingerprint density at radius 3 is 2.49 bits per heavy atom. The standard InChI is InChI=1S/C40H51N5O12/c1-52-20-7-18-42-19-21-54-37-17-12-30(22-36(37)42)27-55-38-26-43(40(47)11-6-10-34(57-45(50)51)28-56-44(48)49)32(23-35(38)31-13-15-33(53-2)16-14-31)24-39(46)41-25-29-8-4-3-5-9-29/h3-5,8-9,12-17,22,32,34-35,38H,6-7,10-11,18-21,23-28H2,1-2H3,(H,41,46). The van der Waals surface area contributed by atoms with Gasteiger partial charge in [0.2, 0.25) is 11.8 Å². The highest BCUT2D eigenvalue weighted by atomic mass is 17.0. The van der Waals surface area contributed by atoms with Crippen LogP contribution in [0.5, 0.6) is 11.5 Å². The van der Waals surface area contributed by atoms with Crippen LogP contribution in [0.15, 0.2) is 72.8 Å². The average Bonchev–Trinajstić information content (AvgIpc) is 3.21. The number of piperidine rings is 1. The Morgan fingerprint density at radius 1 is 0.982 bits per heavy atom. The number of anilines is 1. The highest BCUT2D eigenvalue weighted by Gasteiger charge is 2.40. The average molecular weight is 794 g/mol. The molecule has 0 radical (unpaired) electrons. The van der Waals surface area contributed by atoms with Gasteiger partial charge in [-0.05, 0) is 66.6 Å². The Balaban J connectivity index is 1.36. The Labute approximate surface area is 331 Å². The van der Waals surface area contributed by atoms with Gasteiger partial charge in [0.15, 0.2) is 0 Å². The van der Waals surface area contributed by atoms with Gasteiger partial charge in [-0.15, -0.1) is 20.2 Å². The number of likely N-dealkylation sites (tertiary alicyclic amines) is 1. The molecule has 2 amide bonds. The Bertz CT molecular complexity index is 1770. The minimum atomic E-state index is -1.24. The molecule has 57 heavy (non-hydrogen) atoms. The van der Waals surface area contributed by atoms with E-state index in [-0.39, 0.29) is 56.6 Å². The molecule has 4 unspecified atom stereocenters. The van der Waals surface area contributed by atoms with Crippen molar-refractivity contribution in [3.63, 3.8) is 0 Å². The summed E-state index contributed by atoms with van der Waals surface area (Å²) in [5.74, 6) is 0.783. The van der Waals surface area contributed by atoms with Crippen LogP contribution in [0.4, 0.5) is 5.69 Å². The van der Waals surface area contributed by atoms with Crippen molar-refractivity contribution in [2.75, 3.05) is 58.6 Å². The fourth-order valence-electron chi connectivity index (χ4n) is 7.29. The molecule has 1 N–H and O–H groups in total. The molecule has 2 heterocycles. The number of hydrogen-bond acceptors (Lipinski definition) is 13. The van der Waals surface area contributed by atoms with Crippen molar-refractivity contribution in [1.29, 1.82) is 0 Å². The van der Waals surface area contributed by atoms with E-state index >= 15 is 0 Å². The summed E-state index contributed by atoms with van der Waals surface area (Å²) in [6.07, 6.45) is -0.386. The fourth-order valence-corrected chi connectivity index (χ4v) is 7.29. The summed E-state index contributed by atoms with van der Waals surface area (Å²) < 4.78 is 23.3. The number of fused-ring (bicyclic) bond motifs is 1. The van der Waals surface area contributed by atoms with Crippen LogP contribution < -0.4 is 19.7 Å². The van der Waals surface area contributed by atoms with Crippen molar-refractivity contribution in [3.05, 3.63) is 110 Å². The van der Waals surface area contributed by atoms with E-state index < -0.39 is 35.0 Å². The van der Waals surface area contributed by atoms with E-state index in [2.05, 4.69) is 26.0 Å². The van der Waals surface area contributed by atoms with Crippen molar-refractivity contribution in [2.45, 2.75) is 75.8 Å². The summed E-state index contributed by atoms with van der Waals surface area (Å²) >= 11 is 0. The zero-order valence-electron chi connectivity index (χ0n) is 32.3. The number of carbonyl (C=O) groups is 2. The van der Waals surface area contributed by atoms with Gasteiger partial charge in [-0.3, -0.25) is 9.59 Å². The lowest BCUT2D eigenvalue weighted by atomic mass is 9.81. The third-order valence-corrected chi connectivity index (χ3v) is 10.2. The van der Waals surface area contributed by atoms with E-state index in [1.807, 2.05) is 66.7 Å². The number of nitrogens with one attached hydrogen (secondary N) is 1. The van der Waals surface area contributed by atoms with Crippen molar-refractivity contribution in [1.82, 2.24) is 10.2 Å². The summed E-state index contributed by atoms with van der Waals surface area (Å²) in [4.78, 5) is 62.1. The lowest BCUT2D eigenvalue weighted by Gasteiger charge is -2.44. The monoisotopic (exact) mass is 793 g/mol. The molecule has 2 aliphatic heterocycles. The molecular weight excluding hydrogens is 742 g/mol. The van der Waals surface area contributed by atoms with Crippen LogP contribution in [0, 0.1) is 20.2 Å². The van der Waals surface area contributed by atoms with Gasteiger partial charge in [0, 0.05) is 58.2 Å². The van der Waals surface area contributed by atoms with Gasteiger partial charge in [-0.25, -0.2) is 0 Å². The zero-order valence-corrected chi connectivity index (χ0v) is 32.3. The van der Waals surface area contributed by atoms with Gasteiger partial charge in [-0.1, -0.05) is 48.5 Å². The van der Waals surface area contributed by atoms with Crippen LogP contribution in [-0.4, -0.2) is 98.8 Å². The number of carbonyl (C=O) groups excluding carboxylic acids is 2. The molecule has 5 rings (SSSR count). The normalized spacial score (nSPS) is 18.1. The predicted octanol–water partition coefficient (Wildman–Crippen LogP) is 4.86. The highest BCUT2D eigenvalue weighted by Crippen LogP contribution is 2.38. The fraction of sp³-hybridized carbons (Fsp3) is 0.500. The SMILES string of the molecule is COCCCN1CCOc2ccc(COC3CN(C(=O)CCCC(CO[N+](=O)[O-])O[N+](=O)[O-])C(CC(=O)NCc4ccccc4)CC3c3ccc(OC)cc3)cc21. The molecule has 0 spiro atoms. The molecule has 308 valence electrons. The van der Waals surface area contributed by atoms with Gasteiger partial charge in [0.25, 0.3) is 10.2 Å². The zero-order chi connectivity index (χ0) is 40.6. The van der Waals surface area contributed by atoms with E-state index in [9.17, 15) is 29.8 Å². The molecule has 17 heteroatoms. The van der Waals surface area contributed by atoms with E-state index in [0.717, 1.165) is 47.6 Å². The van der Waals surface area contributed by atoms with Crippen LogP contribution >= 0.6 is 0 Å². The lowest BCUT2D eigenvalue weighted by molar-refractivity contribution is -0.790. The van der Waals surface area contributed by atoms with Gasteiger partial charge in [0.1, 0.15) is 30.8 Å². The molecule has 0 aliphatic carbocycles. The Morgan fingerprint density at radius 2 is 1.77 bits per heavy atom. The number of hydrogen-bond donors (Lipinski definition) is 1. The summed E-state index contributed by atoms with van der Waals surface area (Å²) in [6, 6.07) is 22.7. The van der Waals surface area contributed by atoms with Gasteiger partial charge < -0.3 is 43.7 Å². The minimum absolute atomic E-state index is 0.0331. The molecule has 0 aromatic heterocycles. The van der Waals surface area contributed by atoms with E-state index in [4.69, 9.17) is 18.9 Å². The van der Waals surface area contributed by atoms with Crippen LogP contribution in [0.1, 0.15) is 61.1 Å². The topological polar surface area (TPSA) is 194 Å². The van der Waals surface area contributed by atoms with E-state index in [1.54, 1.807) is 19.1 Å². The molecular formula is C40H51N5O12. The maximum atomic E-state index is 14.1. The minimum Gasteiger partial charge on any atom is -0.497 e. The molecule has 1 saturated heterocycles. The maximum absolute atomic E-state index is 14.1. The number of rotatable bonds is 22. The maximum Gasteiger partial charge on any atom is 0.294 e. The number of methoxy groups -OCH3 is 2. The number of nitrogens with zero attached hydrogens (tertiary/aromatic N) is 4. The first-order valence-electron chi connectivity index (χ1n) is 19.1. The molecule has 4 atom stereocenters. The summed E-state index contributed by atoms with van der Waals surface area (Å²) in [5.41, 5.74) is 3.82. The summed E-state index contributed by atoms with van der Waals surface area (Å²) in [5, 5.41) is 22.6. The van der Waals surface area contributed by atoms with Crippen LogP contribution in [0.25, 0.3) is 0 Å². The van der Waals surface area contributed by atoms with Crippen molar-refractivity contribution < 1.29 is 48.4 Å². The number of benzene rings is 3. The molecule has 0 saturated carbocycles. The quantitative estimate of drug-likeness (QED) is 0.0824. The molecule has 2 aliphatic rings. The van der Waals surface area contributed by atoms with Crippen LogP contribution in [0.2, 0.25) is 0 Å². The van der Waals surface area contributed by atoms with E-state index in [0.29, 0.717) is 31.9 Å². The first-order chi connectivity index (χ1) is 27.6. The lowest BCUT2D eigenvalue weighted by Crippen LogP contribution is -2.53. The second kappa shape index (κ2) is 21.6. The molecule has 17 nitrogen and oxygen atoms in total. The summed E-state index contributed by atoms with van der Waals surface area (Å²) in [7, 11) is 3.28. The van der Waals surface area contributed by atoms with Gasteiger partial charge in [0.05, 0.1) is 32.1 Å². The molecule has 0 bridgehead atoms. The largest absolute Gasteiger partial charge is 0.497 e. The van der Waals surface area contributed by atoms with E-state index in [1.165, 1.54) is 0 Å². The second-order valence-electron chi connectivity index (χ2n) is 14.0. The number of ether oxygens (including phenoxy) is 4. The van der Waals surface area contributed by atoms with Crippen molar-refractivity contribution in [2.24, 2.45) is 0 Å². The van der Waals surface area contributed by atoms with Gasteiger partial charge >= 0.3 is 0 Å². The second-order valence-corrected chi connectivity index (χ2v) is 14.0.